The number of rotatable bonds is 8. The summed E-state index contributed by atoms with van der Waals surface area (Å²) in [6.45, 7) is 7.00. The highest BCUT2D eigenvalue weighted by Gasteiger charge is 2.23. The van der Waals surface area contributed by atoms with E-state index in [0.717, 1.165) is 51.1 Å². The Morgan fingerprint density at radius 1 is 1.12 bits per heavy atom. The van der Waals surface area contributed by atoms with Crippen LogP contribution in [0.1, 0.15) is 22.7 Å². The SMILES string of the molecule is CN=C(NCc1ccc(N(C)C)cc1C)NCC(c1ccc(OC)cc1)N1CCOCC1. The number of benzene rings is 2. The van der Waals surface area contributed by atoms with Gasteiger partial charge in [-0.1, -0.05) is 18.2 Å². The molecule has 1 unspecified atom stereocenters. The molecule has 0 radical (unpaired) electrons. The number of methoxy groups -OCH3 is 1. The molecule has 1 aliphatic rings. The molecular formula is C25H37N5O2. The molecule has 1 heterocycles. The zero-order valence-electron chi connectivity index (χ0n) is 20.0. The molecule has 0 spiro atoms. The summed E-state index contributed by atoms with van der Waals surface area (Å²) in [4.78, 5) is 9.03. The van der Waals surface area contributed by atoms with E-state index in [0.29, 0.717) is 0 Å². The van der Waals surface area contributed by atoms with Gasteiger partial charge in [-0.15, -0.1) is 0 Å². The number of morpholine rings is 1. The van der Waals surface area contributed by atoms with E-state index in [-0.39, 0.29) is 6.04 Å². The Morgan fingerprint density at radius 2 is 1.84 bits per heavy atom. The van der Waals surface area contributed by atoms with E-state index in [4.69, 9.17) is 9.47 Å². The van der Waals surface area contributed by atoms with E-state index in [1.54, 1.807) is 7.11 Å². The third kappa shape index (κ3) is 6.37. The summed E-state index contributed by atoms with van der Waals surface area (Å²) >= 11 is 0. The van der Waals surface area contributed by atoms with Crippen molar-refractivity contribution in [2.24, 2.45) is 4.99 Å². The van der Waals surface area contributed by atoms with Crippen molar-refractivity contribution in [3.8, 4) is 5.75 Å². The first-order valence-electron chi connectivity index (χ1n) is 11.2. The highest BCUT2D eigenvalue weighted by atomic mass is 16.5. The summed E-state index contributed by atoms with van der Waals surface area (Å²) in [5.41, 5.74) is 4.99. The number of anilines is 1. The molecule has 0 amide bonds. The van der Waals surface area contributed by atoms with E-state index in [2.05, 4.69) is 76.8 Å². The molecule has 3 rings (SSSR count). The molecule has 0 saturated carbocycles. The molecule has 2 N–H and O–H groups in total. The highest BCUT2D eigenvalue weighted by Crippen LogP contribution is 2.24. The van der Waals surface area contributed by atoms with Crippen LogP contribution < -0.4 is 20.3 Å². The molecule has 2 aromatic carbocycles. The van der Waals surface area contributed by atoms with Crippen LogP contribution in [0.15, 0.2) is 47.5 Å². The Balaban J connectivity index is 1.64. The molecule has 2 aromatic rings. The number of hydrogen-bond acceptors (Lipinski definition) is 5. The fourth-order valence-corrected chi connectivity index (χ4v) is 3.92. The number of guanidine groups is 1. The van der Waals surface area contributed by atoms with Crippen LogP contribution in [0, 0.1) is 6.92 Å². The predicted octanol–water partition coefficient (Wildman–Crippen LogP) is 2.81. The van der Waals surface area contributed by atoms with E-state index >= 15 is 0 Å². The van der Waals surface area contributed by atoms with Crippen molar-refractivity contribution < 1.29 is 9.47 Å². The van der Waals surface area contributed by atoms with Gasteiger partial charge in [0.2, 0.25) is 0 Å². The summed E-state index contributed by atoms with van der Waals surface area (Å²) in [6, 6.07) is 15.1. The van der Waals surface area contributed by atoms with Gasteiger partial charge in [0.25, 0.3) is 0 Å². The average Bonchev–Trinajstić information content (AvgIpc) is 2.82. The summed E-state index contributed by atoms with van der Waals surface area (Å²) in [7, 11) is 7.63. The third-order valence-corrected chi connectivity index (χ3v) is 5.96. The average molecular weight is 440 g/mol. The molecule has 0 aromatic heterocycles. The van der Waals surface area contributed by atoms with Gasteiger partial charge in [0.1, 0.15) is 5.75 Å². The van der Waals surface area contributed by atoms with Crippen molar-refractivity contribution in [2.75, 3.05) is 66.0 Å². The minimum absolute atomic E-state index is 0.226. The van der Waals surface area contributed by atoms with Crippen LogP contribution in [-0.4, -0.2) is 72.0 Å². The summed E-state index contributed by atoms with van der Waals surface area (Å²) in [6.07, 6.45) is 0. The lowest BCUT2D eigenvalue weighted by Crippen LogP contribution is -2.46. The molecule has 1 aliphatic heterocycles. The van der Waals surface area contributed by atoms with Crippen LogP contribution in [0.5, 0.6) is 5.75 Å². The lowest BCUT2D eigenvalue weighted by atomic mass is 10.0. The van der Waals surface area contributed by atoms with Gasteiger partial charge in [-0.25, -0.2) is 0 Å². The van der Waals surface area contributed by atoms with Crippen molar-refractivity contribution in [3.05, 3.63) is 59.2 Å². The number of ether oxygens (including phenoxy) is 2. The van der Waals surface area contributed by atoms with Gasteiger partial charge in [0.05, 0.1) is 26.4 Å². The second-order valence-corrected chi connectivity index (χ2v) is 8.25. The van der Waals surface area contributed by atoms with Crippen molar-refractivity contribution in [2.45, 2.75) is 19.5 Å². The summed E-state index contributed by atoms with van der Waals surface area (Å²) < 4.78 is 10.9. The molecule has 1 fully saturated rings. The Bertz CT molecular complexity index is 876. The van der Waals surface area contributed by atoms with Gasteiger partial charge in [-0.2, -0.15) is 0 Å². The number of aryl methyl sites for hydroxylation is 1. The smallest absolute Gasteiger partial charge is 0.191 e. The van der Waals surface area contributed by atoms with Gasteiger partial charge < -0.3 is 25.0 Å². The van der Waals surface area contributed by atoms with Crippen LogP contribution >= 0.6 is 0 Å². The van der Waals surface area contributed by atoms with Crippen LogP contribution in [-0.2, 0) is 11.3 Å². The molecule has 7 nitrogen and oxygen atoms in total. The quantitative estimate of drug-likeness (QED) is 0.487. The van der Waals surface area contributed by atoms with Crippen molar-refractivity contribution >= 4 is 11.6 Å². The van der Waals surface area contributed by atoms with Crippen LogP contribution in [0.2, 0.25) is 0 Å². The second kappa shape index (κ2) is 11.7. The van der Waals surface area contributed by atoms with Gasteiger partial charge in [0, 0.05) is 53.0 Å². The molecule has 0 bridgehead atoms. The molecule has 174 valence electrons. The fourth-order valence-electron chi connectivity index (χ4n) is 3.92. The minimum atomic E-state index is 0.226. The van der Waals surface area contributed by atoms with Crippen LogP contribution in [0.4, 0.5) is 5.69 Å². The maximum Gasteiger partial charge on any atom is 0.191 e. The fraction of sp³-hybridized carbons (Fsp3) is 0.480. The predicted molar refractivity (Wildman–Crippen MR) is 132 cm³/mol. The molecule has 7 heteroatoms. The lowest BCUT2D eigenvalue weighted by Gasteiger charge is -2.35. The number of hydrogen-bond donors (Lipinski definition) is 2. The Kier molecular flexibility index (Phi) is 8.76. The van der Waals surface area contributed by atoms with Crippen molar-refractivity contribution in [1.29, 1.82) is 0 Å². The van der Waals surface area contributed by atoms with Crippen LogP contribution in [0.25, 0.3) is 0 Å². The zero-order chi connectivity index (χ0) is 22.9. The first-order valence-corrected chi connectivity index (χ1v) is 11.2. The molecule has 1 atom stereocenters. The minimum Gasteiger partial charge on any atom is -0.497 e. The topological polar surface area (TPSA) is 61.4 Å². The van der Waals surface area contributed by atoms with Gasteiger partial charge >= 0.3 is 0 Å². The molecule has 1 saturated heterocycles. The third-order valence-electron chi connectivity index (χ3n) is 5.96. The number of nitrogens with one attached hydrogen (secondary N) is 2. The van der Waals surface area contributed by atoms with E-state index in [1.165, 1.54) is 22.4 Å². The van der Waals surface area contributed by atoms with Crippen molar-refractivity contribution in [1.82, 2.24) is 15.5 Å². The zero-order valence-corrected chi connectivity index (χ0v) is 20.0. The second-order valence-electron chi connectivity index (χ2n) is 8.25. The van der Waals surface area contributed by atoms with Gasteiger partial charge in [0.15, 0.2) is 5.96 Å². The van der Waals surface area contributed by atoms with Gasteiger partial charge in [-0.05, 0) is 47.9 Å². The van der Waals surface area contributed by atoms with E-state index in [9.17, 15) is 0 Å². The summed E-state index contributed by atoms with van der Waals surface area (Å²) in [5, 5.41) is 7.00. The number of aliphatic imine (C=N–C) groups is 1. The molecule has 32 heavy (non-hydrogen) atoms. The van der Waals surface area contributed by atoms with E-state index in [1.807, 2.05) is 19.2 Å². The number of nitrogens with zero attached hydrogens (tertiary/aromatic N) is 3. The highest BCUT2D eigenvalue weighted by molar-refractivity contribution is 5.79. The standard InChI is InChI=1S/C25H37N5O2/c1-19-16-22(29(3)4)9-6-21(19)17-27-25(26-2)28-18-24(30-12-14-32-15-13-30)20-7-10-23(31-5)11-8-20/h6-11,16,24H,12-15,17-18H2,1-5H3,(H2,26,27,28). The molecule has 0 aliphatic carbocycles. The Hall–Kier alpha value is -2.77. The van der Waals surface area contributed by atoms with Crippen molar-refractivity contribution in [3.63, 3.8) is 0 Å². The monoisotopic (exact) mass is 439 g/mol. The lowest BCUT2D eigenvalue weighted by molar-refractivity contribution is 0.0170. The van der Waals surface area contributed by atoms with Gasteiger partial charge in [-0.3, -0.25) is 9.89 Å². The first-order chi connectivity index (χ1) is 15.5. The Labute approximate surface area is 192 Å². The normalized spacial score (nSPS) is 15.8. The largest absolute Gasteiger partial charge is 0.497 e. The maximum absolute atomic E-state index is 5.57. The maximum atomic E-state index is 5.57. The first kappa shape index (κ1) is 23.9. The summed E-state index contributed by atoms with van der Waals surface area (Å²) in [5.74, 6) is 1.67. The molecular weight excluding hydrogens is 402 g/mol. The Morgan fingerprint density at radius 3 is 2.44 bits per heavy atom. The van der Waals surface area contributed by atoms with Crippen LogP contribution in [0.3, 0.4) is 0 Å². The van der Waals surface area contributed by atoms with E-state index < -0.39 is 0 Å².